The molecule has 0 aromatic rings. The lowest BCUT2D eigenvalue weighted by Gasteiger charge is -2.14. The summed E-state index contributed by atoms with van der Waals surface area (Å²) >= 11 is 0. The molecule has 0 amide bonds. The summed E-state index contributed by atoms with van der Waals surface area (Å²) in [5, 5.41) is 17.1. The number of carbonyl (C=O) groups excluding carboxylic acids is 2. The SMILES string of the molecule is [CH2]C(COC(=O)CCCCCCCCCCCCC)OC(=O)CCCCC1(CCCC2(CCCC)N=N2)N=N1. The lowest BCUT2D eigenvalue weighted by atomic mass is 9.94. The molecule has 1 atom stereocenters. The smallest absolute Gasteiger partial charge is 0.306 e. The van der Waals surface area contributed by atoms with Crippen molar-refractivity contribution in [2.75, 3.05) is 6.61 Å². The van der Waals surface area contributed by atoms with E-state index in [0.717, 1.165) is 57.8 Å². The van der Waals surface area contributed by atoms with Crippen molar-refractivity contribution in [3.8, 4) is 0 Å². The van der Waals surface area contributed by atoms with Gasteiger partial charge in [0.25, 0.3) is 0 Å². The molecule has 8 nitrogen and oxygen atoms in total. The van der Waals surface area contributed by atoms with Crippen molar-refractivity contribution in [3.63, 3.8) is 0 Å². The Morgan fingerprint density at radius 2 is 1.03 bits per heavy atom. The zero-order valence-electron chi connectivity index (χ0n) is 25.0. The Labute approximate surface area is 237 Å². The Hall–Kier alpha value is -1.86. The van der Waals surface area contributed by atoms with Gasteiger partial charge >= 0.3 is 11.9 Å². The van der Waals surface area contributed by atoms with E-state index < -0.39 is 6.10 Å². The van der Waals surface area contributed by atoms with Crippen LogP contribution in [0.5, 0.6) is 0 Å². The van der Waals surface area contributed by atoms with Crippen molar-refractivity contribution >= 4 is 11.9 Å². The number of hydrogen-bond donors (Lipinski definition) is 0. The van der Waals surface area contributed by atoms with E-state index in [1.54, 1.807) is 0 Å². The van der Waals surface area contributed by atoms with Crippen molar-refractivity contribution in [2.45, 2.75) is 173 Å². The molecule has 39 heavy (non-hydrogen) atoms. The van der Waals surface area contributed by atoms with Crippen LogP contribution in [0.15, 0.2) is 20.5 Å². The molecule has 0 spiro atoms. The van der Waals surface area contributed by atoms with Crippen LogP contribution in [0, 0.1) is 6.92 Å². The molecule has 2 aliphatic rings. The average Bonchev–Trinajstić information content (AvgIpc) is 3.85. The topological polar surface area (TPSA) is 102 Å². The molecule has 0 saturated carbocycles. The molecule has 0 bridgehead atoms. The standard InChI is InChI=1S/C31H55N4O4/c1-4-6-8-9-10-11-12-13-14-15-16-20-28(36)38-26-27(3)39-29(37)21-17-18-23-31(34-35-31)25-19-24-30(32-33-30)22-7-5-2/h27H,3-26H2,1-2H3. The summed E-state index contributed by atoms with van der Waals surface area (Å²) in [5.41, 5.74) is -0.358. The van der Waals surface area contributed by atoms with E-state index >= 15 is 0 Å². The maximum Gasteiger partial charge on any atom is 0.306 e. The first kappa shape index (κ1) is 33.3. The molecule has 0 N–H and O–H groups in total. The van der Waals surface area contributed by atoms with Crippen LogP contribution in [0.1, 0.15) is 155 Å². The maximum absolute atomic E-state index is 12.1. The summed E-state index contributed by atoms with van der Waals surface area (Å²) in [7, 11) is 0. The van der Waals surface area contributed by atoms with Gasteiger partial charge in [0, 0.05) is 12.8 Å². The molecule has 0 aromatic heterocycles. The van der Waals surface area contributed by atoms with E-state index in [4.69, 9.17) is 9.47 Å². The molecule has 223 valence electrons. The van der Waals surface area contributed by atoms with Gasteiger partial charge in [0.1, 0.15) is 12.7 Å². The molecule has 0 saturated heterocycles. The van der Waals surface area contributed by atoms with Crippen LogP contribution in [-0.4, -0.2) is 36.0 Å². The average molecular weight is 548 g/mol. The minimum Gasteiger partial charge on any atom is -0.462 e. The van der Waals surface area contributed by atoms with Gasteiger partial charge in [-0.1, -0.05) is 84.5 Å². The molecule has 2 rings (SSSR count). The third-order valence-electron chi connectivity index (χ3n) is 7.77. The number of ether oxygens (including phenoxy) is 2. The maximum atomic E-state index is 12.1. The normalized spacial score (nSPS) is 16.7. The number of nitrogens with zero attached hydrogens (tertiary/aromatic N) is 4. The highest BCUT2D eigenvalue weighted by molar-refractivity contribution is 5.70. The number of hydrogen-bond acceptors (Lipinski definition) is 8. The zero-order chi connectivity index (χ0) is 28.2. The molecule has 2 heterocycles. The second-order valence-corrected chi connectivity index (χ2v) is 11.6. The van der Waals surface area contributed by atoms with Gasteiger partial charge in [-0.2, -0.15) is 20.5 Å². The third-order valence-corrected chi connectivity index (χ3v) is 7.77. The van der Waals surface area contributed by atoms with Crippen LogP contribution in [-0.2, 0) is 19.1 Å². The van der Waals surface area contributed by atoms with Gasteiger partial charge in [0.2, 0.25) is 0 Å². The summed E-state index contributed by atoms with van der Waals surface area (Å²) in [4.78, 5) is 24.1. The quantitative estimate of drug-likeness (QED) is 0.0755. The van der Waals surface area contributed by atoms with Gasteiger partial charge in [0.15, 0.2) is 11.3 Å². The number of carbonyl (C=O) groups is 2. The molecule has 8 heteroatoms. The largest absolute Gasteiger partial charge is 0.462 e. The molecule has 2 aliphatic heterocycles. The van der Waals surface area contributed by atoms with Crippen molar-refractivity contribution < 1.29 is 19.1 Å². The zero-order valence-corrected chi connectivity index (χ0v) is 25.0. The van der Waals surface area contributed by atoms with Crippen LogP contribution in [0.3, 0.4) is 0 Å². The molecular weight excluding hydrogens is 492 g/mol. The van der Waals surface area contributed by atoms with Gasteiger partial charge in [-0.15, -0.1) is 0 Å². The van der Waals surface area contributed by atoms with Crippen LogP contribution < -0.4 is 0 Å². The van der Waals surface area contributed by atoms with Gasteiger partial charge < -0.3 is 9.47 Å². The predicted molar refractivity (Wildman–Crippen MR) is 154 cm³/mol. The predicted octanol–water partition coefficient (Wildman–Crippen LogP) is 9.22. The van der Waals surface area contributed by atoms with E-state index in [0.29, 0.717) is 12.8 Å². The van der Waals surface area contributed by atoms with Crippen molar-refractivity contribution in [1.82, 2.24) is 0 Å². The van der Waals surface area contributed by atoms with Gasteiger partial charge in [0.05, 0.1) is 0 Å². The van der Waals surface area contributed by atoms with Crippen molar-refractivity contribution in [1.29, 1.82) is 0 Å². The van der Waals surface area contributed by atoms with Crippen molar-refractivity contribution in [3.05, 3.63) is 6.92 Å². The Morgan fingerprint density at radius 1 is 0.590 bits per heavy atom. The molecule has 0 aromatic carbocycles. The monoisotopic (exact) mass is 547 g/mol. The second-order valence-electron chi connectivity index (χ2n) is 11.6. The Kier molecular flexibility index (Phi) is 16.5. The first-order chi connectivity index (χ1) is 18.9. The van der Waals surface area contributed by atoms with E-state index in [1.807, 2.05) is 0 Å². The van der Waals surface area contributed by atoms with E-state index in [1.165, 1.54) is 70.6 Å². The minimum atomic E-state index is -0.670. The first-order valence-corrected chi connectivity index (χ1v) is 16.0. The summed E-state index contributed by atoms with van der Waals surface area (Å²) in [6.07, 6.45) is 22.6. The fraction of sp³-hybridized carbons (Fsp3) is 0.903. The molecule has 1 unspecified atom stereocenters. The Balaban J connectivity index is 1.38. The van der Waals surface area contributed by atoms with E-state index in [2.05, 4.69) is 41.2 Å². The summed E-state index contributed by atoms with van der Waals surface area (Å²) in [5.74, 6) is -0.539. The molecule has 0 fully saturated rings. The van der Waals surface area contributed by atoms with Gasteiger partial charge in [-0.3, -0.25) is 9.59 Å². The van der Waals surface area contributed by atoms with Gasteiger partial charge in [-0.05, 0) is 64.7 Å². The fourth-order valence-corrected chi connectivity index (χ4v) is 5.05. The highest BCUT2D eigenvalue weighted by atomic mass is 16.6. The van der Waals surface area contributed by atoms with Crippen LogP contribution in [0.4, 0.5) is 0 Å². The minimum absolute atomic E-state index is 0.0157. The Morgan fingerprint density at radius 3 is 1.56 bits per heavy atom. The third kappa shape index (κ3) is 16.1. The Bertz CT molecular complexity index is 743. The van der Waals surface area contributed by atoms with Crippen molar-refractivity contribution in [2.24, 2.45) is 20.5 Å². The van der Waals surface area contributed by atoms with Crippen LogP contribution >= 0.6 is 0 Å². The highest BCUT2D eigenvalue weighted by Crippen LogP contribution is 2.43. The number of rotatable bonds is 27. The number of esters is 2. The van der Waals surface area contributed by atoms with Gasteiger partial charge in [-0.25, -0.2) is 0 Å². The summed E-state index contributed by atoms with van der Waals surface area (Å²) in [6.45, 7) is 8.25. The summed E-state index contributed by atoms with van der Waals surface area (Å²) < 4.78 is 10.6. The molecule has 0 aliphatic carbocycles. The highest BCUT2D eigenvalue weighted by Gasteiger charge is 2.42. The fourth-order valence-electron chi connectivity index (χ4n) is 5.05. The van der Waals surface area contributed by atoms with E-state index in [9.17, 15) is 9.59 Å². The van der Waals surface area contributed by atoms with Crippen LogP contribution in [0.2, 0.25) is 0 Å². The first-order valence-electron chi connectivity index (χ1n) is 16.0. The van der Waals surface area contributed by atoms with E-state index in [-0.39, 0.29) is 29.9 Å². The second kappa shape index (κ2) is 19.3. The summed E-state index contributed by atoms with van der Waals surface area (Å²) in [6, 6.07) is 0. The lowest BCUT2D eigenvalue weighted by molar-refractivity contribution is -0.156. The molecule has 1 radical (unpaired) electrons. The lowest BCUT2D eigenvalue weighted by Crippen LogP contribution is -2.22. The van der Waals surface area contributed by atoms with Crippen LogP contribution in [0.25, 0.3) is 0 Å². The molecular formula is C31H55N4O4. The number of unbranched alkanes of at least 4 members (excludes halogenated alkanes) is 12.